The van der Waals surface area contributed by atoms with Crippen molar-refractivity contribution in [3.05, 3.63) is 82.8 Å². The fourth-order valence-electron chi connectivity index (χ4n) is 3.22. The van der Waals surface area contributed by atoms with Crippen LogP contribution in [-0.2, 0) is 0 Å². The Morgan fingerprint density at radius 2 is 1.37 bits per heavy atom. The molecule has 0 aromatic heterocycles. The average Bonchev–Trinajstić information content (AvgIpc) is 2.65. The topological polar surface area (TPSA) is 0 Å². The molecule has 0 amide bonds. The van der Waals surface area contributed by atoms with Gasteiger partial charge in [-0.1, -0.05) is 46.3 Å². The number of halogens is 3. The van der Waals surface area contributed by atoms with E-state index in [1.54, 1.807) is 30.3 Å². The van der Waals surface area contributed by atoms with Crippen molar-refractivity contribution in [3.63, 3.8) is 0 Å². The van der Waals surface area contributed by atoms with E-state index in [1.165, 1.54) is 12.1 Å². The van der Waals surface area contributed by atoms with Crippen molar-refractivity contribution >= 4 is 52.0 Å². The van der Waals surface area contributed by atoms with E-state index in [2.05, 4.69) is 41.2 Å². The van der Waals surface area contributed by atoms with E-state index in [9.17, 15) is 8.78 Å². The molecule has 0 fully saturated rings. The van der Waals surface area contributed by atoms with Crippen LogP contribution in [0.25, 0.3) is 33.0 Å². The first-order chi connectivity index (χ1) is 13.0. The smallest absolute Gasteiger partial charge is 0.131 e. The standard InChI is InChI=1S/C22H13BrF2S2/c23-13-6-8-18(24)15(9-13)16-10-17(21(27)11-20(16)26)22-14-4-2-1-3-12(14)5-7-19(22)25/h1-11,26-27H. The van der Waals surface area contributed by atoms with Gasteiger partial charge in [-0.05, 0) is 58.3 Å². The molecule has 134 valence electrons. The molecule has 0 atom stereocenters. The molecule has 0 bridgehead atoms. The quantitative estimate of drug-likeness (QED) is 0.281. The zero-order chi connectivity index (χ0) is 19.1. The summed E-state index contributed by atoms with van der Waals surface area (Å²) in [4.78, 5) is 1.15. The van der Waals surface area contributed by atoms with Gasteiger partial charge in [0.05, 0.1) is 0 Å². The lowest BCUT2D eigenvalue weighted by Crippen LogP contribution is -1.93. The van der Waals surface area contributed by atoms with Crippen LogP contribution in [0.3, 0.4) is 0 Å². The third-order valence-corrected chi connectivity index (χ3v) is 5.71. The maximum absolute atomic E-state index is 14.8. The highest BCUT2D eigenvalue weighted by Gasteiger charge is 2.17. The third kappa shape index (κ3) is 3.40. The second-order valence-corrected chi connectivity index (χ2v) is 8.03. The van der Waals surface area contributed by atoms with E-state index in [0.29, 0.717) is 32.0 Å². The van der Waals surface area contributed by atoms with Gasteiger partial charge in [0.25, 0.3) is 0 Å². The molecular weight excluding hydrogens is 446 g/mol. The average molecular weight is 459 g/mol. The van der Waals surface area contributed by atoms with Crippen molar-refractivity contribution in [2.45, 2.75) is 9.79 Å². The summed E-state index contributed by atoms with van der Waals surface area (Å²) >= 11 is 12.4. The molecule has 0 aliphatic carbocycles. The number of hydrogen-bond acceptors (Lipinski definition) is 2. The molecule has 4 rings (SSSR count). The minimum atomic E-state index is -0.371. The molecule has 0 unspecified atom stereocenters. The Hall–Kier alpha value is -1.82. The molecule has 0 spiro atoms. The summed E-state index contributed by atoms with van der Waals surface area (Å²) < 4.78 is 30.0. The van der Waals surface area contributed by atoms with E-state index < -0.39 is 0 Å². The predicted octanol–water partition coefficient (Wildman–Crippen LogP) is 7.79. The van der Waals surface area contributed by atoms with Gasteiger partial charge in [0, 0.05) is 25.4 Å². The molecule has 0 N–H and O–H groups in total. The van der Waals surface area contributed by atoms with Gasteiger partial charge in [-0.15, -0.1) is 25.3 Å². The molecule has 5 heteroatoms. The van der Waals surface area contributed by atoms with Crippen LogP contribution in [-0.4, -0.2) is 0 Å². The molecule has 0 nitrogen and oxygen atoms in total. The van der Waals surface area contributed by atoms with Gasteiger partial charge in [-0.2, -0.15) is 0 Å². The Morgan fingerprint density at radius 3 is 2.19 bits per heavy atom. The van der Waals surface area contributed by atoms with Gasteiger partial charge in [0.15, 0.2) is 0 Å². The van der Waals surface area contributed by atoms with Crippen molar-refractivity contribution in [2.24, 2.45) is 0 Å². The van der Waals surface area contributed by atoms with E-state index in [-0.39, 0.29) is 11.6 Å². The number of thiol groups is 2. The minimum absolute atomic E-state index is 0.350. The number of rotatable bonds is 2. The maximum atomic E-state index is 14.8. The molecule has 4 aromatic carbocycles. The van der Waals surface area contributed by atoms with Gasteiger partial charge in [-0.25, -0.2) is 8.78 Å². The van der Waals surface area contributed by atoms with Crippen LogP contribution in [0.5, 0.6) is 0 Å². The fourth-order valence-corrected chi connectivity index (χ4v) is 4.30. The first kappa shape index (κ1) is 18.5. The summed E-state index contributed by atoms with van der Waals surface area (Å²) in [5.41, 5.74) is 2.02. The highest BCUT2D eigenvalue weighted by Crippen LogP contribution is 2.41. The summed E-state index contributed by atoms with van der Waals surface area (Å²) in [5.74, 6) is -0.721. The van der Waals surface area contributed by atoms with Crippen molar-refractivity contribution in [2.75, 3.05) is 0 Å². The Morgan fingerprint density at radius 1 is 0.667 bits per heavy atom. The monoisotopic (exact) mass is 458 g/mol. The predicted molar refractivity (Wildman–Crippen MR) is 117 cm³/mol. The van der Waals surface area contributed by atoms with Gasteiger partial charge >= 0.3 is 0 Å². The first-order valence-corrected chi connectivity index (χ1v) is 9.83. The van der Waals surface area contributed by atoms with Crippen LogP contribution in [0, 0.1) is 11.6 Å². The molecule has 0 aliphatic rings. The highest BCUT2D eigenvalue weighted by molar-refractivity contribution is 9.10. The van der Waals surface area contributed by atoms with Crippen LogP contribution in [0.1, 0.15) is 0 Å². The SMILES string of the molecule is Fc1ccc(Br)cc1-c1cc(-c2c(F)ccc3ccccc23)c(S)cc1S. The Kier molecular flexibility index (Phi) is 5.01. The number of benzene rings is 4. The Labute approximate surface area is 175 Å². The molecule has 0 saturated heterocycles. The summed E-state index contributed by atoms with van der Waals surface area (Å²) in [6, 6.07) is 18.9. The Bertz CT molecular complexity index is 1190. The summed E-state index contributed by atoms with van der Waals surface area (Å²) in [6.45, 7) is 0. The Balaban J connectivity index is 2.04. The van der Waals surface area contributed by atoms with Crippen molar-refractivity contribution in [1.82, 2.24) is 0 Å². The zero-order valence-electron chi connectivity index (χ0n) is 13.9. The highest BCUT2D eigenvalue weighted by atomic mass is 79.9. The second-order valence-electron chi connectivity index (χ2n) is 6.15. The number of fused-ring (bicyclic) bond motifs is 1. The molecule has 0 aliphatic heterocycles. The lowest BCUT2D eigenvalue weighted by molar-refractivity contribution is 0.630. The molecule has 27 heavy (non-hydrogen) atoms. The lowest BCUT2D eigenvalue weighted by Gasteiger charge is -2.15. The molecule has 0 saturated carbocycles. The molecule has 0 radical (unpaired) electrons. The van der Waals surface area contributed by atoms with Crippen LogP contribution in [0.4, 0.5) is 8.78 Å². The second kappa shape index (κ2) is 7.30. The van der Waals surface area contributed by atoms with Gasteiger partial charge in [0.1, 0.15) is 11.6 Å². The lowest BCUT2D eigenvalue weighted by atomic mass is 9.94. The van der Waals surface area contributed by atoms with Crippen molar-refractivity contribution in [1.29, 1.82) is 0 Å². The summed E-state index contributed by atoms with van der Waals surface area (Å²) in [6.07, 6.45) is 0. The first-order valence-electron chi connectivity index (χ1n) is 8.14. The van der Waals surface area contributed by atoms with Crippen LogP contribution < -0.4 is 0 Å². The van der Waals surface area contributed by atoms with Gasteiger partial charge < -0.3 is 0 Å². The van der Waals surface area contributed by atoms with Crippen LogP contribution >= 0.6 is 41.2 Å². The van der Waals surface area contributed by atoms with Gasteiger partial charge in [0.2, 0.25) is 0 Å². The van der Waals surface area contributed by atoms with Crippen LogP contribution in [0.15, 0.2) is 81.0 Å². The largest absolute Gasteiger partial charge is 0.206 e. The minimum Gasteiger partial charge on any atom is -0.206 e. The normalized spacial score (nSPS) is 11.1. The van der Waals surface area contributed by atoms with Crippen LogP contribution in [0.2, 0.25) is 0 Å². The molecular formula is C22H13BrF2S2. The fraction of sp³-hybridized carbons (Fsp3) is 0. The van der Waals surface area contributed by atoms with E-state index in [0.717, 1.165) is 15.2 Å². The molecule has 0 heterocycles. The maximum Gasteiger partial charge on any atom is 0.131 e. The molecule has 4 aromatic rings. The third-order valence-electron chi connectivity index (χ3n) is 4.48. The number of hydrogen-bond donors (Lipinski definition) is 2. The van der Waals surface area contributed by atoms with E-state index in [1.807, 2.05) is 24.3 Å². The van der Waals surface area contributed by atoms with E-state index >= 15 is 0 Å². The summed E-state index contributed by atoms with van der Waals surface area (Å²) in [5, 5.41) is 1.70. The zero-order valence-corrected chi connectivity index (χ0v) is 17.3. The van der Waals surface area contributed by atoms with E-state index in [4.69, 9.17) is 0 Å². The summed E-state index contributed by atoms with van der Waals surface area (Å²) in [7, 11) is 0. The van der Waals surface area contributed by atoms with Crippen molar-refractivity contribution < 1.29 is 8.78 Å². The van der Waals surface area contributed by atoms with Crippen molar-refractivity contribution in [3.8, 4) is 22.3 Å². The van der Waals surface area contributed by atoms with Gasteiger partial charge in [-0.3, -0.25) is 0 Å².